The van der Waals surface area contributed by atoms with Gasteiger partial charge in [-0.05, 0) is 6.92 Å². The first-order valence-electron chi connectivity index (χ1n) is 2.58. The zero-order valence-corrected chi connectivity index (χ0v) is 7.24. The Morgan fingerprint density at radius 3 is 2.20 bits per heavy atom. The highest BCUT2D eigenvalue weighted by atomic mass is 35.5. The highest BCUT2D eigenvalue weighted by Gasteiger charge is 2.36. The minimum Gasteiger partial charge on any atom is -0.468 e. The molecule has 0 aliphatic rings. The van der Waals surface area contributed by atoms with Crippen molar-refractivity contribution in [2.24, 2.45) is 5.73 Å². The number of hydrogen-bond acceptors (Lipinski definition) is 3. The highest BCUT2D eigenvalue weighted by molar-refractivity contribution is 6.46. The van der Waals surface area contributed by atoms with E-state index in [1.165, 1.54) is 14.0 Å². The average molecular weight is 186 g/mol. The SMILES string of the molecule is COC(=O)C(C)(N)C(Cl)Cl. The van der Waals surface area contributed by atoms with Gasteiger partial charge >= 0.3 is 5.97 Å². The summed E-state index contributed by atoms with van der Waals surface area (Å²) in [5.74, 6) is -0.623. The quantitative estimate of drug-likeness (QED) is 0.509. The van der Waals surface area contributed by atoms with E-state index in [0.29, 0.717) is 0 Å². The van der Waals surface area contributed by atoms with Crippen molar-refractivity contribution < 1.29 is 9.53 Å². The van der Waals surface area contributed by atoms with Gasteiger partial charge in [-0.25, -0.2) is 4.79 Å². The van der Waals surface area contributed by atoms with Gasteiger partial charge in [-0.1, -0.05) is 0 Å². The summed E-state index contributed by atoms with van der Waals surface area (Å²) in [5.41, 5.74) is 4.05. The molecule has 0 saturated carbocycles. The van der Waals surface area contributed by atoms with Crippen LogP contribution in [0.5, 0.6) is 0 Å². The number of rotatable bonds is 2. The van der Waals surface area contributed by atoms with Crippen molar-refractivity contribution in [3.63, 3.8) is 0 Å². The fourth-order valence-corrected chi connectivity index (χ4v) is 0.487. The van der Waals surface area contributed by atoms with Gasteiger partial charge < -0.3 is 10.5 Å². The summed E-state index contributed by atoms with van der Waals surface area (Å²) in [4.78, 5) is 9.80. The van der Waals surface area contributed by atoms with Gasteiger partial charge in [-0.15, -0.1) is 23.2 Å². The predicted octanol–water partition coefficient (Wildman–Crippen LogP) is 0.680. The number of carbonyl (C=O) groups is 1. The van der Waals surface area contributed by atoms with Gasteiger partial charge in [-0.2, -0.15) is 0 Å². The molecule has 0 aromatic heterocycles. The smallest absolute Gasteiger partial charge is 0.328 e. The van der Waals surface area contributed by atoms with Crippen LogP contribution in [0.4, 0.5) is 0 Å². The predicted molar refractivity (Wildman–Crippen MR) is 40.1 cm³/mol. The molecule has 5 heteroatoms. The van der Waals surface area contributed by atoms with Crippen molar-refractivity contribution in [3.8, 4) is 0 Å². The van der Waals surface area contributed by atoms with Gasteiger partial charge in [0, 0.05) is 0 Å². The lowest BCUT2D eigenvalue weighted by Gasteiger charge is -2.21. The fourth-order valence-electron chi connectivity index (χ4n) is 0.309. The van der Waals surface area contributed by atoms with E-state index in [9.17, 15) is 4.79 Å². The lowest BCUT2D eigenvalue weighted by atomic mass is 10.1. The maximum Gasteiger partial charge on any atom is 0.328 e. The van der Waals surface area contributed by atoms with Crippen LogP contribution in [0, 0.1) is 0 Å². The van der Waals surface area contributed by atoms with Crippen molar-refractivity contribution >= 4 is 29.2 Å². The summed E-state index contributed by atoms with van der Waals surface area (Å²) in [6.45, 7) is 1.41. The van der Waals surface area contributed by atoms with Crippen LogP contribution in [0.25, 0.3) is 0 Å². The Kier molecular flexibility index (Phi) is 3.42. The summed E-state index contributed by atoms with van der Waals surface area (Å²) < 4.78 is 4.34. The molecule has 0 radical (unpaired) electrons. The third-order valence-corrected chi connectivity index (χ3v) is 1.99. The molecular weight excluding hydrogens is 177 g/mol. The molecule has 0 aromatic carbocycles. The zero-order valence-electron chi connectivity index (χ0n) is 5.73. The molecule has 10 heavy (non-hydrogen) atoms. The zero-order chi connectivity index (χ0) is 8.36. The van der Waals surface area contributed by atoms with E-state index in [-0.39, 0.29) is 0 Å². The van der Waals surface area contributed by atoms with Gasteiger partial charge in [0.25, 0.3) is 0 Å². The topological polar surface area (TPSA) is 52.3 Å². The van der Waals surface area contributed by atoms with Crippen LogP contribution in [0.2, 0.25) is 0 Å². The van der Waals surface area contributed by atoms with Crippen LogP contribution in [0.1, 0.15) is 6.92 Å². The van der Waals surface area contributed by atoms with E-state index in [1.807, 2.05) is 0 Å². The molecule has 2 N–H and O–H groups in total. The number of esters is 1. The lowest BCUT2D eigenvalue weighted by Crippen LogP contribution is -2.51. The third-order valence-electron chi connectivity index (χ3n) is 1.08. The second kappa shape index (κ2) is 3.42. The molecule has 0 bridgehead atoms. The Hall–Kier alpha value is 0.01000. The van der Waals surface area contributed by atoms with Crippen molar-refractivity contribution in [1.29, 1.82) is 0 Å². The van der Waals surface area contributed by atoms with E-state index < -0.39 is 16.3 Å². The minimum absolute atomic E-state index is 0.623. The number of halogens is 2. The Bertz CT molecular complexity index is 136. The van der Waals surface area contributed by atoms with Crippen molar-refractivity contribution in [2.75, 3.05) is 7.11 Å². The van der Waals surface area contributed by atoms with Crippen LogP contribution in [-0.2, 0) is 9.53 Å². The third kappa shape index (κ3) is 2.01. The largest absolute Gasteiger partial charge is 0.468 e. The summed E-state index contributed by atoms with van der Waals surface area (Å²) in [5, 5.41) is 0. The van der Waals surface area contributed by atoms with Gasteiger partial charge in [0.05, 0.1) is 7.11 Å². The molecular formula is C5H9Cl2NO2. The second-order valence-corrected chi connectivity index (χ2v) is 3.17. The molecule has 0 heterocycles. The summed E-state index contributed by atoms with van der Waals surface area (Å²) >= 11 is 10.8. The monoisotopic (exact) mass is 185 g/mol. The van der Waals surface area contributed by atoms with E-state index >= 15 is 0 Å². The highest BCUT2D eigenvalue weighted by Crippen LogP contribution is 2.18. The number of alkyl halides is 2. The normalized spacial score (nSPS) is 16.6. The lowest BCUT2D eigenvalue weighted by molar-refractivity contribution is -0.145. The van der Waals surface area contributed by atoms with Crippen LogP contribution < -0.4 is 5.73 Å². The Balaban J connectivity index is 4.24. The van der Waals surface area contributed by atoms with Gasteiger partial charge in [-0.3, -0.25) is 0 Å². The molecule has 3 nitrogen and oxygen atoms in total. The van der Waals surface area contributed by atoms with Crippen molar-refractivity contribution in [1.82, 2.24) is 0 Å². The second-order valence-electron chi connectivity index (χ2n) is 2.07. The number of hydrogen-bond donors (Lipinski definition) is 1. The van der Waals surface area contributed by atoms with Crippen LogP contribution in [0.3, 0.4) is 0 Å². The Labute approximate surface area is 69.4 Å². The molecule has 0 aromatic rings. The van der Waals surface area contributed by atoms with Gasteiger partial charge in [0.1, 0.15) is 10.4 Å². The van der Waals surface area contributed by atoms with E-state index in [1.54, 1.807) is 0 Å². The van der Waals surface area contributed by atoms with Gasteiger partial charge in [0.15, 0.2) is 0 Å². The number of nitrogens with two attached hydrogens (primary N) is 1. The number of carbonyl (C=O) groups excluding carboxylic acids is 1. The van der Waals surface area contributed by atoms with E-state index in [4.69, 9.17) is 28.9 Å². The molecule has 0 rings (SSSR count). The summed E-state index contributed by atoms with van der Waals surface area (Å²) in [6, 6.07) is 0. The molecule has 1 atom stereocenters. The molecule has 0 fully saturated rings. The standard InChI is InChI=1S/C5H9Cl2NO2/c1-5(8,3(6)7)4(9)10-2/h3H,8H2,1-2H3. The number of methoxy groups -OCH3 is 1. The van der Waals surface area contributed by atoms with E-state index in [0.717, 1.165) is 0 Å². The molecule has 0 saturated heterocycles. The maximum absolute atomic E-state index is 10.8. The van der Waals surface area contributed by atoms with Gasteiger partial charge in [0.2, 0.25) is 0 Å². The molecule has 0 aliphatic carbocycles. The minimum atomic E-state index is -1.32. The Morgan fingerprint density at radius 2 is 2.10 bits per heavy atom. The molecule has 1 unspecified atom stereocenters. The fraction of sp³-hybridized carbons (Fsp3) is 0.800. The van der Waals surface area contributed by atoms with Crippen LogP contribution in [-0.4, -0.2) is 23.5 Å². The van der Waals surface area contributed by atoms with Crippen LogP contribution in [0.15, 0.2) is 0 Å². The van der Waals surface area contributed by atoms with Crippen molar-refractivity contribution in [3.05, 3.63) is 0 Å². The molecule has 0 spiro atoms. The first-order chi connectivity index (χ1) is 4.42. The number of ether oxygens (including phenoxy) is 1. The summed E-state index contributed by atoms with van der Waals surface area (Å²) in [7, 11) is 1.23. The molecule has 60 valence electrons. The van der Waals surface area contributed by atoms with Crippen LogP contribution >= 0.6 is 23.2 Å². The Morgan fingerprint density at radius 1 is 1.70 bits per heavy atom. The first-order valence-corrected chi connectivity index (χ1v) is 3.45. The van der Waals surface area contributed by atoms with Crippen molar-refractivity contribution in [2.45, 2.75) is 17.3 Å². The average Bonchev–Trinajstić information content (AvgIpc) is 1.86. The molecule has 0 amide bonds. The molecule has 0 aliphatic heterocycles. The maximum atomic E-state index is 10.8. The summed E-state index contributed by atoms with van der Waals surface area (Å²) in [6.07, 6.45) is 0. The van der Waals surface area contributed by atoms with E-state index in [2.05, 4.69) is 4.74 Å². The first kappa shape index (κ1) is 10.0.